The largest absolute Gasteiger partial charge is 0.370 e. The van der Waals surface area contributed by atoms with E-state index in [0.717, 1.165) is 21.4 Å². The first-order chi connectivity index (χ1) is 12.0. The molecular weight excluding hydrogens is 399 g/mol. The van der Waals surface area contributed by atoms with E-state index in [1.165, 1.54) is 11.8 Å². The Morgan fingerprint density at radius 3 is 2.80 bits per heavy atom. The van der Waals surface area contributed by atoms with Crippen LogP contribution in [0, 0.1) is 0 Å². The number of thiophene rings is 1. The number of halogens is 2. The summed E-state index contributed by atoms with van der Waals surface area (Å²) in [6.07, 6.45) is 0.228. The lowest BCUT2D eigenvalue weighted by Crippen LogP contribution is -2.14. The first kappa shape index (κ1) is 18.3. The summed E-state index contributed by atoms with van der Waals surface area (Å²) in [5.74, 6) is 0.998. The molecule has 5 nitrogen and oxygen atoms in total. The third-order valence-corrected chi connectivity index (χ3v) is 5.88. The second kappa shape index (κ2) is 8.23. The zero-order chi connectivity index (χ0) is 17.8. The Balaban J connectivity index is 1.83. The Morgan fingerprint density at radius 1 is 1.28 bits per heavy atom. The van der Waals surface area contributed by atoms with Gasteiger partial charge in [0, 0.05) is 28.8 Å². The van der Waals surface area contributed by atoms with Crippen molar-refractivity contribution in [2.75, 3.05) is 0 Å². The lowest BCUT2D eigenvalue weighted by molar-refractivity contribution is -0.118. The third kappa shape index (κ3) is 4.55. The van der Waals surface area contributed by atoms with E-state index in [1.807, 2.05) is 28.1 Å². The standard InChI is InChI=1S/C16H14Cl2N4OS2/c17-11-4-3-10(12(18)8-11)9-25-16-21-20-15(13-2-1-7-24-13)22(16)6-5-14(19)23/h1-4,7-8H,5-6,9H2,(H2,19,23). The quantitative estimate of drug-likeness (QED) is 0.580. The van der Waals surface area contributed by atoms with Crippen molar-refractivity contribution < 1.29 is 4.79 Å². The molecule has 0 bridgehead atoms. The van der Waals surface area contributed by atoms with Gasteiger partial charge in [-0.15, -0.1) is 21.5 Å². The van der Waals surface area contributed by atoms with Gasteiger partial charge in [0.15, 0.2) is 11.0 Å². The minimum Gasteiger partial charge on any atom is -0.370 e. The van der Waals surface area contributed by atoms with Crippen LogP contribution >= 0.6 is 46.3 Å². The first-order valence-electron chi connectivity index (χ1n) is 7.36. The maximum atomic E-state index is 11.2. The van der Waals surface area contributed by atoms with Crippen LogP contribution in [0.5, 0.6) is 0 Å². The Hall–Kier alpha value is -1.54. The number of hydrogen-bond donors (Lipinski definition) is 1. The minimum absolute atomic E-state index is 0.228. The molecule has 1 aromatic carbocycles. The zero-order valence-electron chi connectivity index (χ0n) is 13.0. The molecule has 0 aliphatic carbocycles. The lowest BCUT2D eigenvalue weighted by atomic mass is 10.2. The Bertz CT molecular complexity index is 880. The molecule has 3 aromatic rings. The third-order valence-electron chi connectivity index (χ3n) is 3.41. The van der Waals surface area contributed by atoms with Gasteiger partial charge in [-0.2, -0.15) is 0 Å². The average molecular weight is 413 g/mol. The molecule has 0 saturated carbocycles. The Morgan fingerprint density at radius 2 is 2.12 bits per heavy atom. The average Bonchev–Trinajstić information content (AvgIpc) is 3.21. The van der Waals surface area contributed by atoms with Gasteiger partial charge in [0.2, 0.25) is 5.91 Å². The lowest BCUT2D eigenvalue weighted by Gasteiger charge is -2.09. The zero-order valence-corrected chi connectivity index (χ0v) is 16.1. The molecule has 3 rings (SSSR count). The van der Waals surface area contributed by atoms with E-state index in [-0.39, 0.29) is 12.3 Å². The first-order valence-corrected chi connectivity index (χ1v) is 9.99. The summed E-state index contributed by atoms with van der Waals surface area (Å²) >= 11 is 15.2. The van der Waals surface area contributed by atoms with Crippen LogP contribution in [0.1, 0.15) is 12.0 Å². The van der Waals surface area contributed by atoms with Crippen LogP contribution in [0.4, 0.5) is 0 Å². The van der Waals surface area contributed by atoms with Gasteiger partial charge in [0.1, 0.15) is 0 Å². The van der Waals surface area contributed by atoms with Crippen molar-refractivity contribution in [1.29, 1.82) is 0 Å². The number of carbonyl (C=O) groups is 1. The molecule has 25 heavy (non-hydrogen) atoms. The number of primary amides is 1. The fraction of sp³-hybridized carbons (Fsp3) is 0.188. The van der Waals surface area contributed by atoms with Gasteiger partial charge in [-0.05, 0) is 29.1 Å². The number of thioether (sulfide) groups is 1. The topological polar surface area (TPSA) is 73.8 Å². The molecule has 0 aliphatic heterocycles. The molecule has 2 heterocycles. The molecule has 0 radical (unpaired) electrons. The van der Waals surface area contributed by atoms with Gasteiger partial charge >= 0.3 is 0 Å². The van der Waals surface area contributed by atoms with Crippen molar-refractivity contribution in [2.24, 2.45) is 5.73 Å². The van der Waals surface area contributed by atoms with Crippen molar-refractivity contribution in [1.82, 2.24) is 14.8 Å². The number of rotatable bonds is 7. The van der Waals surface area contributed by atoms with Gasteiger partial charge in [-0.3, -0.25) is 4.79 Å². The Labute approximate surface area is 163 Å². The van der Waals surface area contributed by atoms with E-state index in [2.05, 4.69) is 10.2 Å². The molecule has 0 aliphatic rings. The molecule has 0 unspecified atom stereocenters. The van der Waals surface area contributed by atoms with E-state index < -0.39 is 0 Å². The van der Waals surface area contributed by atoms with Crippen LogP contribution in [0.15, 0.2) is 40.9 Å². The van der Waals surface area contributed by atoms with E-state index in [1.54, 1.807) is 23.5 Å². The molecule has 130 valence electrons. The molecule has 0 spiro atoms. The van der Waals surface area contributed by atoms with E-state index in [9.17, 15) is 4.79 Å². The predicted octanol–water partition coefficient (Wildman–Crippen LogP) is 4.48. The van der Waals surface area contributed by atoms with Gasteiger partial charge in [0.05, 0.1) is 4.88 Å². The van der Waals surface area contributed by atoms with Crippen LogP contribution in [-0.4, -0.2) is 20.7 Å². The fourth-order valence-corrected chi connectivity index (χ4v) is 4.43. The van der Waals surface area contributed by atoms with Gasteiger partial charge < -0.3 is 10.3 Å². The van der Waals surface area contributed by atoms with Crippen LogP contribution in [0.3, 0.4) is 0 Å². The van der Waals surface area contributed by atoms with Crippen LogP contribution in [0.2, 0.25) is 10.0 Å². The maximum absolute atomic E-state index is 11.2. The van der Waals surface area contributed by atoms with Crippen LogP contribution in [-0.2, 0) is 17.1 Å². The minimum atomic E-state index is -0.359. The number of amides is 1. The normalized spacial score (nSPS) is 11.0. The summed E-state index contributed by atoms with van der Waals surface area (Å²) in [6.45, 7) is 0.437. The highest BCUT2D eigenvalue weighted by atomic mass is 35.5. The predicted molar refractivity (Wildman–Crippen MR) is 103 cm³/mol. The van der Waals surface area contributed by atoms with Gasteiger partial charge in [-0.25, -0.2) is 0 Å². The van der Waals surface area contributed by atoms with Crippen molar-refractivity contribution in [3.05, 3.63) is 51.3 Å². The van der Waals surface area contributed by atoms with Gasteiger partial charge in [-0.1, -0.05) is 47.1 Å². The molecule has 1 amide bonds. The van der Waals surface area contributed by atoms with Crippen molar-refractivity contribution in [3.63, 3.8) is 0 Å². The van der Waals surface area contributed by atoms with Crippen LogP contribution < -0.4 is 5.73 Å². The summed E-state index contributed by atoms with van der Waals surface area (Å²) in [5.41, 5.74) is 6.26. The summed E-state index contributed by atoms with van der Waals surface area (Å²) in [4.78, 5) is 12.2. The number of aromatic nitrogens is 3. The smallest absolute Gasteiger partial charge is 0.219 e. The van der Waals surface area contributed by atoms with E-state index >= 15 is 0 Å². The monoisotopic (exact) mass is 412 g/mol. The summed E-state index contributed by atoms with van der Waals surface area (Å²) in [6, 6.07) is 9.33. The molecule has 2 N–H and O–H groups in total. The molecule has 2 aromatic heterocycles. The van der Waals surface area contributed by atoms with Crippen molar-refractivity contribution in [2.45, 2.75) is 23.9 Å². The molecule has 9 heteroatoms. The highest BCUT2D eigenvalue weighted by Crippen LogP contribution is 2.31. The summed E-state index contributed by atoms with van der Waals surface area (Å²) < 4.78 is 1.92. The number of nitrogens with zero attached hydrogens (tertiary/aromatic N) is 3. The highest BCUT2D eigenvalue weighted by Gasteiger charge is 2.16. The number of benzene rings is 1. The fourth-order valence-electron chi connectivity index (χ4n) is 2.19. The highest BCUT2D eigenvalue weighted by molar-refractivity contribution is 7.98. The Kier molecular flexibility index (Phi) is 6.01. The number of carbonyl (C=O) groups excluding carboxylic acids is 1. The van der Waals surface area contributed by atoms with Gasteiger partial charge in [0.25, 0.3) is 0 Å². The van der Waals surface area contributed by atoms with Crippen molar-refractivity contribution >= 4 is 52.2 Å². The van der Waals surface area contributed by atoms with E-state index in [0.29, 0.717) is 22.3 Å². The summed E-state index contributed by atoms with van der Waals surface area (Å²) in [7, 11) is 0. The second-order valence-electron chi connectivity index (χ2n) is 5.18. The van der Waals surface area contributed by atoms with Crippen molar-refractivity contribution in [3.8, 4) is 10.7 Å². The van der Waals surface area contributed by atoms with Crippen LogP contribution in [0.25, 0.3) is 10.7 Å². The number of hydrogen-bond acceptors (Lipinski definition) is 5. The SMILES string of the molecule is NC(=O)CCn1c(SCc2ccc(Cl)cc2Cl)nnc1-c1cccs1. The maximum Gasteiger partial charge on any atom is 0.219 e. The second-order valence-corrected chi connectivity index (χ2v) is 7.91. The molecular formula is C16H14Cl2N4OS2. The molecule has 0 saturated heterocycles. The van der Waals surface area contributed by atoms with E-state index in [4.69, 9.17) is 28.9 Å². The number of nitrogens with two attached hydrogens (primary N) is 1. The molecule has 0 fully saturated rings. The molecule has 0 atom stereocenters. The summed E-state index contributed by atoms with van der Waals surface area (Å²) in [5, 5.41) is 12.5.